The molecule has 2 aromatic heterocycles. The molecule has 7 aromatic rings. The number of hydrogen-bond acceptors (Lipinski definition) is 6. The Kier molecular flexibility index (Phi) is 8.60. The summed E-state index contributed by atoms with van der Waals surface area (Å²) in [6.07, 6.45) is 3.40. The lowest BCUT2D eigenvalue weighted by molar-refractivity contribution is 1.19. The van der Waals surface area contributed by atoms with Gasteiger partial charge in [0, 0.05) is 11.4 Å². The first kappa shape index (κ1) is 30.0. The number of H-pyrrole nitrogens is 2. The second kappa shape index (κ2) is 13.8. The molecular weight excluding hydrogens is 596 g/mol. The van der Waals surface area contributed by atoms with Gasteiger partial charge in [0.25, 0.3) is 0 Å². The minimum Gasteiger partial charge on any atom is -0.336 e. The van der Waals surface area contributed by atoms with Gasteiger partial charge in [0.2, 0.25) is 0 Å². The number of benzene rings is 5. The van der Waals surface area contributed by atoms with E-state index < -0.39 is 0 Å². The Morgan fingerprint density at radius 3 is 1.31 bits per heavy atom. The fourth-order valence-corrected chi connectivity index (χ4v) is 4.91. The first-order valence-corrected chi connectivity index (χ1v) is 15.5. The van der Waals surface area contributed by atoms with Crippen molar-refractivity contribution in [1.29, 1.82) is 0 Å². The summed E-state index contributed by atoms with van der Waals surface area (Å²) in [5, 5.41) is 24.5. The average molecular weight is 629 g/mol. The molecule has 234 valence electrons. The highest BCUT2D eigenvalue weighted by Gasteiger charge is 2.12. The molecule has 0 saturated carbocycles. The number of imidazole rings is 2. The van der Waals surface area contributed by atoms with Gasteiger partial charge in [0.15, 0.2) is 23.3 Å². The number of para-hydroxylation sites is 4. The minimum atomic E-state index is 0.507. The highest BCUT2D eigenvalue weighted by atomic mass is 15.3. The number of fused-ring (bicyclic) bond motifs is 2. The third-order valence-corrected chi connectivity index (χ3v) is 7.52. The number of nitrogens with zero attached hydrogens (tertiary/aromatic N) is 6. The molecule has 0 atom stereocenters. The zero-order valence-corrected chi connectivity index (χ0v) is 26.4. The van der Waals surface area contributed by atoms with Gasteiger partial charge in [-0.25, -0.2) is 9.97 Å². The lowest BCUT2D eigenvalue weighted by Gasteiger charge is -2.07. The number of amidine groups is 2. The molecule has 0 radical (unpaired) electrons. The summed E-state index contributed by atoms with van der Waals surface area (Å²) < 4.78 is 0. The molecular formula is C38H32N10. The fraction of sp³-hybridized carbons (Fsp3) is 0.0526. The number of aromatic nitrogens is 4. The van der Waals surface area contributed by atoms with Crippen molar-refractivity contribution in [2.24, 2.45) is 20.4 Å². The van der Waals surface area contributed by atoms with Crippen LogP contribution in [0, 0.1) is 13.8 Å². The zero-order chi connectivity index (χ0) is 32.7. The van der Waals surface area contributed by atoms with Crippen LogP contribution < -0.4 is 10.6 Å². The maximum atomic E-state index is 4.70. The number of aryl methyl sites for hydroxylation is 2. The highest BCUT2D eigenvalue weighted by molar-refractivity contribution is 6.08. The molecule has 5 aromatic carbocycles. The van der Waals surface area contributed by atoms with E-state index in [1.807, 2.05) is 121 Å². The van der Waals surface area contributed by atoms with Gasteiger partial charge in [0.05, 0.1) is 34.5 Å². The van der Waals surface area contributed by atoms with Crippen molar-refractivity contribution in [1.82, 2.24) is 19.9 Å². The Hall–Kier alpha value is -6.68. The quantitative estimate of drug-likeness (QED) is 0.0776. The van der Waals surface area contributed by atoms with Gasteiger partial charge in [-0.05, 0) is 73.5 Å². The van der Waals surface area contributed by atoms with E-state index in [1.165, 1.54) is 11.1 Å². The first-order valence-electron chi connectivity index (χ1n) is 15.5. The molecule has 2 heterocycles. The molecule has 0 amide bonds. The van der Waals surface area contributed by atoms with Crippen molar-refractivity contribution in [2.45, 2.75) is 13.8 Å². The van der Waals surface area contributed by atoms with E-state index in [0.29, 0.717) is 23.3 Å². The van der Waals surface area contributed by atoms with E-state index in [-0.39, 0.29) is 0 Å². The van der Waals surface area contributed by atoms with Crippen LogP contribution in [0.3, 0.4) is 0 Å². The average Bonchev–Trinajstić information content (AvgIpc) is 3.75. The largest absolute Gasteiger partial charge is 0.336 e. The van der Waals surface area contributed by atoms with Gasteiger partial charge in [-0.2, -0.15) is 10.2 Å². The second-order valence-corrected chi connectivity index (χ2v) is 11.2. The van der Waals surface area contributed by atoms with Crippen LogP contribution in [0.4, 0.5) is 11.4 Å². The van der Waals surface area contributed by atoms with Crippen molar-refractivity contribution in [3.63, 3.8) is 0 Å². The topological polar surface area (TPSA) is 131 Å². The van der Waals surface area contributed by atoms with E-state index in [4.69, 9.17) is 9.97 Å². The predicted molar refractivity (Wildman–Crippen MR) is 196 cm³/mol. The first-order chi connectivity index (χ1) is 23.6. The van der Waals surface area contributed by atoms with Gasteiger partial charge in [0.1, 0.15) is 0 Å². The maximum absolute atomic E-state index is 4.70. The molecule has 48 heavy (non-hydrogen) atoms. The normalized spacial score (nSPS) is 12.5. The molecule has 0 bridgehead atoms. The van der Waals surface area contributed by atoms with Crippen LogP contribution in [0.1, 0.15) is 33.9 Å². The summed E-state index contributed by atoms with van der Waals surface area (Å²) in [6, 6.07) is 39.7. The van der Waals surface area contributed by atoms with Crippen LogP contribution in [0.2, 0.25) is 0 Å². The molecule has 0 spiro atoms. The molecule has 0 aliphatic heterocycles. The Bertz CT molecular complexity index is 2060. The SMILES string of the molecule is Cc1ccc(N/C(=N\N=C\c2ccc(/C=N/N=C(\Nc3ccc(C)cc3)c3nc4ccccc4[nH]3)cc2)c2nc3ccccc3[nH]2)cc1. The summed E-state index contributed by atoms with van der Waals surface area (Å²) in [5.74, 6) is 2.21. The summed E-state index contributed by atoms with van der Waals surface area (Å²) in [5.41, 5.74) is 9.43. The maximum Gasteiger partial charge on any atom is 0.196 e. The third kappa shape index (κ3) is 7.24. The van der Waals surface area contributed by atoms with E-state index in [1.54, 1.807) is 12.4 Å². The monoisotopic (exact) mass is 628 g/mol. The minimum absolute atomic E-state index is 0.507. The van der Waals surface area contributed by atoms with Crippen molar-refractivity contribution in [3.05, 3.63) is 155 Å². The van der Waals surface area contributed by atoms with Gasteiger partial charge >= 0.3 is 0 Å². The highest BCUT2D eigenvalue weighted by Crippen LogP contribution is 2.16. The molecule has 0 saturated heterocycles. The van der Waals surface area contributed by atoms with Gasteiger partial charge in [-0.15, -0.1) is 10.2 Å². The molecule has 0 aliphatic carbocycles. The molecule has 10 nitrogen and oxygen atoms in total. The molecule has 7 rings (SSSR count). The fourth-order valence-electron chi connectivity index (χ4n) is 4.91. The van der Waals surface area contributed by atoms with E-state index in [0.717, 1.165) is 44.6 Å². The van der Waals surface area contributed by atoms with Crippen LogP contribution in [0.25, 0.3) is 22.1 Å². The third-order valence-electron chi connectivity index (χ3n) is 7.52. The van der Waals surface area contributed by atoms with Crippen LogP contribution in [0.15, 0.2) is 142 Å². The lowest BCUT2D eigenvalue weighted by atomic mass is 10.2. The Morgan fingerprint density at radius 1 is 0.521 bits per heavy atom. The van der Waals surface area contributed by atoms with Gasteiger partial charge in [-0.1, -0.05) is 83.9 Å². The number of rotatable bonds is 8. The second-order valence-electron chi connectivity index (χ2n) is 11.2. The summed E-state index contributed by atoms with van der Waals surface area (Å²) >= 11 is 0. The summed E-state index contributed by atoms with van der Waals surface area (Å²) in [4.78, 5) is 16.1. The number of hydrogen-bond donors (Lipinski definition) is 4. The molecule has 10 heteroatoms. The van der Waals surface area contributed by atoms with Crippen molar-refractivity contribution >= 4 is 57.5 Å². The van der Waals surface area contributed by atoms with Crippen molar-refractivity contribution < 1.29 is 0 Å². The molecule has 4 N–H and O–H groups in total. The van der Waals surface area contributed by atoms with Crippen LogP contribution in [-0.2, 0) is 0 Å². The summed E-state index contributed by atoms with van der Waals surface area (Å²) in [6.45, 7) is 4.10. The standard InChI is InChI=1S/C38H32N10/c1-25-11-19-29(20-12-25)41-37(35-43-31-7-3-4-8-32(31)44-35)47-39-23-27-15-17-28(18-16-27)24-40-48-38(42-30-21-13-26(2)14-22-30)36-45-33-9-5-6-10-34(33)46-36/h3-24H,1-2H3,(H,41,47)(H,42,48)(H,43,44)(H,45,46)/b39-23+,40-24+. The van der Waals surface area contributed by atoms with Gasteiger partial charge in [-0.3, -0.25) is 0 Å². The molecule has 0 unspecified atom stereocenters. The van der Waals surface area contributed by atoms with E-state index in [9.17, 15) is 0 Å². The Balaban J connectivity index is 1.09. The molecule has 0 fully saturated rings. The van der Waals surface area contributed by atoms with E-state index >= 15 is 0 Å². The van der Waals surface area contributed by atoms with E-state index in [2.05, 4.69) is 54.9 Å². The number of nitrogens with one attached hydrogen (secondary N) is 4. The smallest absolute Gasteiger partial charge is 0.196 e. The lowest BCUT2D eigenvalue weighted by Crippen LogP contribution is -2.15. The zero-order valence-electron chi connectivity index (χ0n) is 26.4. The number of anilines is 2. The van der Waals surface area contributed by atoms with Gasteiger partial charge < -0.3 is 20.6 Å². The Labute approximate surface area is 277 Å². The van der Waals surface area contributed by atoms with Crippen LogP contribution >= 0.6 is 0 Å². The van der Waals surface area contributed by atoms with Crippen LogP contribution in [0.5, 0.6) is 0 Å². The number of aromatic amines is 2. The van der Waals surface area contributed by atoms with Crippen molar-refractivity contribution in [2.75, 3.05) is 10.6 Å². The van der Waals surface area contributed by atoms with Crippen molar-refractivity contribution in [3.8, 4) is 0 Å². The van der Waals surface area contributed by atoms with Crippen LogP contribution in [-0.4, -0.2) is 44.0 Å². The Morgan fingerprint density at radius 2 is 0.917 bits per heavy atom. The summed E-state index contributed by atoms with van der Waals surface area (Å²) in [7, 11) is 0. The molecule has 0 aliphatic rings. The predicted octanol–water partition coefficient (Wildman–Crippen LogP) is 7.84.